The molecule has 0 bridgehead atoms. The molecule has 32 heavy (non-hydrogen) atoms. The Hall–Kier alpha value is -2.55. The smallest absolute Gasteiger partial charge is 0.293 e. The van der Waals surface area contributed by atoms with Crippen molar-refractivity contribution >= 4 is 17.2 Å². The van der Waals surface area contributed by atoms with Gasteiger partial charge >= 0.3 is 0 Å². The minimum absolute atomic E-state index is 0.0656. The van der Waals surface area contributed by atoms with Crippen LogP contribution in [0.1, 0.15) is 29.9 Å². The number of hydrogen-bond donors (Lipinski definition) is 0. The van der Waals surface area contributed by atoms with Gasteiger partial charge in [0, 0.05) is 26.2 Å². The number of amides is 1. The summed E-state index contributed by atoms with van der Waals surface area (Å²) in [6, 6.07) is 13.9. The van der Waals surface area contributed by atoms with E-state index in [0.29, 0.717) is 5.92 Å². The van der Waals surface area contributed by atoms with Crippen LogP contribution in [-0.4, -0.2) is 76.4 Å². The Morgan fingerprint density at radius 1 is 1.03 bits per heavy atom. The second-order valence-corrected chi connectivity index (χ2v) is 9.41. The monoisotopic (exact) mass is 451 g/mol. The number of aromatic nitrogens is 3. The first-order valence-electron chi connectivity index (χ1n) is 11.4. The third-order valence-corrected chi connectivity index (χ3v) is 7.27. The Labute approximate surface area is 192 Å². The van der Waals surface area contributed by atoms with Gasteiger partial charge in [0.25, 0.3) is 5.91 Å². The Bertz CT molecular complexity index is 1010. The highest BCUT2D eigenvalue weighted by atomic mass is 32.1. The molecule has 0 spiro atoms. The largest absolute Gasteiger partial charge is 0.379 e. The molecule has 2 aromatic heterocycles. The highest BCUT2D eigenvalue weighted by Crippen LogP contribution is 2.27. The SMILES string of the molecule is O=C(c1nc(-c2cccs2)n(-c2ccccc2)n1)N1CCC(CCN2CCOCC2)CC1. The van der Waals surface area contributed by atoms with Gasteiger partial charge < -0.3 is 9.64 Å². The van der Waals surface area contributed by atoms with Crippen molar-refractivity contribution in [3.05, 3.63) is 53.7 Å². The van der Waals surface area contributed by atoms with Crippen molar-refractivity contribution in [1.29, 1.82) is 0 Å². The molecule has 2 aliphatic heterocycles. The molecular weight excluding hydrogens is 422 g/mol. The van der Waals surface area contributed by atoms with Gasteiger partial charge in [-0.1, -0.05) is 24.3 Å². The molecule has 2 fully saturated rings. The Morgan fingerprint density at radius 2 is 1.81 bits per heavy atom. The molecule has 0 N–H and O–H groups in total. The summed E-state index contributed by atoms with van der Waals surface area (Å²) in [5, 5.41) is 6.65. The van der Waals surface area contributed by atoms with E-state index in [1.807, 2.05) is 52.7 Å². The molecule has 168 valence electrons. The molecular formula is C24H29N5O2S. The lowest BCUT2D eigenvalue weighted by molar-refractivity contribution is 0.0331. The standard InChI is InChI=1S/C24H29N5O2S/c30-24(28-12-9-19(10-13-28)8-11-27-14-16-31-17-15-27)22-25-23(21-7-4-18-32-21)29(26-22)20-5-2-1-3-6-20/h1-7,18-19H,8-17H2. The number of carbonyl (C=O) groups is 1. The van der Waals surface area contributed by atoms with Crippen LogP contribution in [0.3, 0.4) is 0 Å². The minimum Gasteiger partial charge on any atom is -0.379 e. The normalized spacial score (nSPS) is 18.2. The van der Waals surface area contributed by atoms with Crippen LogP contribution in [-0.2, 0) is 4.74 Å². The number of benzene rings is 1. The van der Waals surface area contributed by atoms with Gasteiger partial charge in [-0.25, -0.2) is 9.67 Å². The highest BCUT2D eigenvalue weighted by molar-refractivity contribution is 7.13. The molecule has 3 aromatic rings. The van der Waals surface area contributed by atoms with Gasteiger partial charge in [0.2, 0.25) is 5.82 Å². The van der Waals surface area contributed by atoms with Crippen molar-refractivity contribution in [2.75, 3.05) is 45.9 Å². The van der Waals surface area contributed by atoms with E-state index < -0.39 is 0 Å². The lowest BCUT2D eigenvalue weighted by Gasteiger charge is -2.33. The van der Waals surface area contributed by atoms with E-state index in [9.17, 15) is 4.79 Å². The van der Waals surface area contributed by atoms with Crippen LogP contribution in [0.15, 0.2) is 47.8 Å². The van der Waals surface area contributed by atoms with E-state index >= 15 is 0 Å². The lowest BCUT2D eigenvalue weighted by atomic mass is 9.93. The summed E-state index contributed by atoms with van der Waals surface area (Å²) in [6.45, 7) is 6.47. The minimum atomic E-state index is -0.0656. The molecule has 1 aromatic carbocycles. The number of morpholine rings is 1. The molecule has 8 heteroatoms. The van der Waals surface area contributed by atoms with Crippen molar-refractivity contribution in [2.24, 2.45) is 5.92 Å². The second kappa shape index (κ2) is 9.94. The average molecular weight is 452 g/mol. The first kappa shape index (κ1) is 21.3. The topological polar surface area (TPSA) is 63.5 Å². The number of para-hydroxylation sites is 1. The van der Waals surface area contributed by atoms with Crippen LogP contribution in [0.25, 0.3) is 16.4 Å². The molecule has 0 radical (unpaired) electrons. The van der Waals surface area contributed by atoms with E-state index in [1.54, 1.807) is 16.0 Å². The molecule has 0 aliphatic carbocycles. The van der Waals surface area contributed by atoms with Gasteiger partial charge in [-0.15, -0.1) is 16.4 Å². The molecule has 1 amide bonds. The number of carbonyl (C=O) groups excluding carboxylic acids is 1. The van der Waals surface area contributed by atoms with Crippen molar-refractivity contribution in [2.45, 2.75) is 19.3 Å². The molecule has 4 heterocycles. The van der Waals surface area contributed by atoms with Gasteiger partial charge in [0.15, 0.2) is 5.82 Å². The summed E-state index contributed by atoms with van der Waals surface area (Å²) < 4.78 is 7.22. The second-order valence-electron chi connectivity index (χ2n) is 8.46. The fourth-order valence-corrected chi connectivity index (χ4v) is 5.17. The van der Waals surface area contributed by atoms with Crippen molar-refractivity contribution in [1.82, 2.24) is 24.6 Å². The van der Waals surface area contributed by atoms with Crippen molar-refractivity contribution in [3.8, 4) is 16.4 Å². The number of ether oxygens (including phenoxy) is 1. The molecule has 0 unspecified atom stereocenters. The van der Waals surface area contributed by atoms with Gasteiger partial charge in [-0.2, -0.15) is 0 Å². The van der Waals surface area contributed by atoms with Gasteiger partial charge in [0.05, 0.1) is 23.8 Å². The van der Waals surface area contributed by atoms with E-state index in [-0.39, 0.29) is 11.7 Å². The van der Waals surface area contributed by atoms with Crippen LogP contribution in [0.5, 0.6) is 0 Å². The van der Waals surface area contributed by atoms with Crippen LogP contribution in [0, 0.1) is 5.92 Å². The Morgan fingerprint density at radius 3 is 2.53 bits per heavy atom. The Balaban J connectivity index is 1.25. The first-order chi connectivity index (χ1) is 15.8. The van der Waals surface area contributed by atoms with E-state index in [2.05, 4.69) is 15.0 Å². The number of piperidine rings is 1. The summed E-state index contributed by atoms with van der Waals surface area (Å²) in [5.74, 6) is 1.61. The molecule has 5 rings (SSSR count). The molecule has 2 saturated heterocycles. The van der Waals surface area contributed by atoms with Gasteiger partial charge in [-0.05, 0) is 55.3 Å². The maximum atomic E-state index is 13.2. The summed E-state index contributed by atoms with van der Waals surface area (Å²) in [6.07, 6.45) is 3.30. The predicted molar refractivity (Wildman–Crippen MR) is 125 cm³/mol. The zero-order chi connectivity index (χ0) is 21.8. The zero-order valence-electron chi connectivity index (χ0n) is 18.2. The summed E-state index contributed by atoms with van der Waals surface area (Å²) in [7, 11) is 0. The fraction of sp³-hybridized carbons (Fsp3) is 0.458. The Kier molecular flexibility index (Phi) is 6.61. The number of likely N-dealkylation sites (tertiary alicyclic amines) is 1. The van der Waals surface area contributed by atoms with Crippen molar-refractivity contribution in [3.63, 3.8) is 0 Å². The van der Waals surface area contributed by atoms with Crippen molar-refractivity contribution < 1.29 is 9.53 Å². The highest BCUT2D eigenvalue weighted by Gasteiger charge is 2.28. The quantitative estimate of drug-likeness (QED) is 0.573. The molecule has 0 saturated carbocycles. The van der Waals surface area contributed by atoms with E-state index in [0.717, 1.165) is 75.2 Å². The third kappa shape index (κ3) is 4.77. The van der Waals surface area contributed by atoms with Crippen LogP contribution in [0.4, 0.5) is 0 Å². The molecule has 0 atom stereocenters. The third-order valence-electron chi connectivity index (χ3n) is 6.40. The van der Waals surface area contributed by atoms with Crippen LogP contribution >= 0.6 is 11.3 Å². The van der Waals surface area contributed by atoms with E-state index in [1.165, 1.54) is 6.42 Å². The fourth-order valence-electron chi connectivity index (χ4n) is 4.47. The zero-order valence-corrected chi connectivity index (χ0v) is 19.0. The van der Waals surface area contributed by atoms with Gasteiger partial charge in [0.1, 0.15) is 0 Å². The van der Waals surface area contributed by atoms with Crippen LogP contribution < -0.4 is 0 Å². The van der Waals surface area contributed by atoms with Crippen LogP contribution in [0.2, 0.25) is 0 Å². The van der Waals surface area contributed by atoms with Gasteiger partial charge in [-0.3, -0.25) is 9.69 Å². The lowest BCUT2D eigenvalue weighted by Crippen LogP contribution is -2.41. The number of nitrogens with zero attached hydrogens (tertiary/aromatic N) is 5. The summed E-state index contributed by atoms with van der Waals surface area (Å²) in [5.41, 5.74) is 0.907. The summed E-state index contributed by atoms with van der Waals surface area (Å²) >= 11 is 1.60. The maximum absolute atomic E-state index is 13.2. The number of thiophene rings is 1. The first-order valence-corrected chi connectivity index (χ1v) is 12.3. The maximum Gasteiger partial charge on any atom is 0.293 e. The average Bonchev–Trinajstić information content (AvgIpc) is 3.54. The molecule has 7 nitrogen and oxygen atoms in total. The summed E-state index contributed by atoms with van der Waals surface area (Å²) in [4.78, 5) is 23.3. The number of hydrogen-bond acceptors (Lipinski definition) is 6. The number of rotatable bonds is 6. The van der Waals surface area contributed by atoms with E-state index in [4.69, 9.17) is 4.74 Å². The predicted octanol–water partition coefficient (Wildman–Crippen LogP) is 3.57. The molecule has 2 aliphatic rings.